The minimum absolute atomic E-state index is 0.0935. The molecule has 7 aliphatic carbocycles. The van der Waals surface area contributed by atoms with Crippen LogP contribution < -0.4 is 0 Å². The summed E-state index contributed by atoms with van der Waals surface area (Å²) >= 11 is 0. The predicted molar refractivity (Wildman–Crippen MR) is 123 cm³/mol. The van der Waals surface area contributed by atoms with Crippen molar-refractivity contribution < 1.29 is 10.2 Å². The number of benzene rings is 1. The summed E-state index contributed by atoms with van der Waals surface area (Å²) in [6.45, 7) is 4.59. The van der Waals surface area contributed by atoms with Gasteiger partial charge >= 0.3 is 0 Å². The maximum Gasteiger partial charge on any atom is 0.122 e. The molecule has 1 aromatic carbocycles. The Kier molecular flexibility index (Phi) is 3.96. The number of rotatable bonds is 1. The third-order valence-corrected chi connectivity index (χ3v) is 11.8. The average molecular weight is 421 g/mol. The van der Waals surface area contributed by atoms with Crippen molar-refractivity contribution >= 4 is 0 Å². The largest absolute Gasteiger partial charge is 0.507 e. The molecule has 0 saturated heterocycles. The summed E-state index contributed by atoms with van der Waals surface area (Å²) in [7, 11) is 0. The van der Waals surface area contributed by atoms with Gasteiger partial charge in [0.25, 0.3) is 0 Å². The molecule has 6 fully saturated rings. The lowest BCUT2D eigenvalue weighted by atomic mass is 9.47. The molecule has 1 aromatic rings. The molecule has 168 valence electrons. The summed E-state index contributed by atoms with van der Waals surface area (Å²) in [6, 6.07) is 2.55. The minimum atomic E-state index is -0.0935. The Morgan fingerprint density at radius 2 is 1.61 bits per heavy atom. The van der Waals surface area contributed by atoms with Crippen molar-refractivity contribution in [2.24, 2.45) is 35.0 Å². The Morgan fingerprint density at radius 1 is 0.935 bits per heavy atom. The first-order valence-corrected chi connectivity index (χ1v) is 13.4. The number of aromatic hydroxyl groups is 1. The van der Waals surface area contributed by atoms with Crippen LogP contribution in [0.4, 0.5) is 0 Å². The summed E-state index contributed by atoms with van der Waals surface area (Å²) in [5.41, 5.74) is 6.06. The van der Waals surface area contributed by atoms with E-state index in [1.165, 1.54) is 80.9 Å². The van der Waals surface area contributed by atoms with Crippen molar-refractivity contribution in [3.05, 3.63) is 28.3 Å². The number of hydrogen-bond donors (Lipinski definition) is 2. The van der Waals surface area contributed by atoms with E-state index < -0.39 is 0 Å². The number of aliphatic hydroxyl groups excluding tert-OH is 1. The van der Waals surface area contributed by atoms with Gasteiger partial charge in [-0.2, -0.15) is 0 Å². The molecule has 6 saturated carbocycles. The molecule has 2 nitrogen and oxygen atoms in total. The van der Waals surface area contributed by atoms with Crippen molar-refractivity contribution in [3.63, 3.8) is 0 Å². The summed E-state index contributed by atoms with van der Waals surface area (Å²) in [4.78, 5) is 0. The number of hydrogen-bond acceptors (Lipinski definition) is 2. The number of phenolic OH excluding ortho intramolecular Hbond substituents is 1. The van der Waals surface area contributed by atoms with E-state index in [0.29, 0.717) is 17.6 Å². The highest BCUT2D eigenvalue weighted by Crippen LogP contribution is 2.64. The van der Waals surface area contributed by atoms with Gasteiger partial charge in [-0.15, -0.1) is 0 Å². The maximum absolute atomic E-state index is 11.5. The molecule has 0 aliphatic heterocycles. The van der Waals surface area contributed by atoms with Crippen LogP contribution in [0.1, 0.15) is 106 Å². The zero-order valence-corrected chi connectivity index (χ0v) is 19.5. The van der Waals surface area contributed by atoms with Crippen LogP contribution in [-0.2, 0) is 11.8 Å². The van der Waals surface area contributed by atoms with Crippen LogP contribution in [0.3, 0.4) is 0 Å². The maximum atomic E-state index is 11.5. The van der Waals surface area contributed by atoms with Crippen LogP contribution in [0.25, 0.3) is 0 Å². The van der Waals surface area contributed by atoms with Gasteiger partial charge in [0.15, 0.2) is 0 Å². The summed E-state index contributed by atoms with van der Waals surface area (Å²) in [6.07, 6.45) is 15.2. The van der Waals surface area contributed by atoms with E-state index in [-0.39, 0.29) is 16.9 Å². The predicted octanol–water partition coefficient (Wildman–Crippen LogP) is 6.39. The first kappa shape index (κ1) is 19.4. The Morgan fingerprint density at radius 3 is 2.29 bits per heavy atom. The lowest BCUT2D eigenvalue weighted by Crippen LogP contribution is -2.49. The Labute approximate surface area is 187 Å². The summed E-state index contributed by atoms with van der Waals surface area (Å²) in [5.74, 6) is 5.46. The van der Waals surface area contributed by atoms with Crippen molar-refractivity contribution in [2.45, 2.75) is 108 Å². The van der Waals surface area contributed by atoms with Crippen LogP contribution in [0.2, 0.25) is 0 Å². The Hall–Kier alpha value is -1.02. The van der Waals surface area contributed by atoms with Gasteiger partial charge in [0, 0.05) is 5.56 Å². The van der Waals surface area contributed by atoms with Crippen LogP contribution in [0.15, 0.2) is 6.07 Å². The van der Waals surface area contributed by atoms with E-state index in [1.54, 1.807) is 5.56 Å². The first-order valence-electron chi connectivity index (χ1n) is 13.4. The Balaban J connectivity index is 1.32. The molecule has 5 atom stereocenters. The fraction of sp³-hybridized carbons (Fsp3) is 0.793. The molecule has 0 radical (unpaired) electrons. The third-order valence-electron chi connectivity index (χ3n) is 11.8. The fourth-order valence-corrected chi connectivity index (χ4v) is 10.7. The molecule has 7 aliphatic rings. The molecule has 8 rings (SSSR count). The molecular weight excluding hydrogens is 380 g/mol. The molecule has 2 N–H and O–H groups in total. The molecule has 2 heteroatoms. The van der Waals surface area contributed by atoms with Gasteiger partial charge in [0.2, 0.25) is 0 Å². The monoisotopic (exact) mass is 420 g/mol. The van der Waals surface area contributed by atoms with Crippen molar-refractivity contribution in [3.8, 4) is 5.75 Å². The summed E-state index contributed by atoms with van der Waals surface area (Å²) in [5, 5.41) is 22.3. The average Bonchev–Trinajstić information content (AvgIpc) is 3.04. The summed E-state index contributed by atoms with van der Waals surface area (Å²) < 4.78 is 0. The van der Waals surface area contributed by atoms with Gasteiger partial charge in [-0.3, -0.25) is 0 Å². The SMILES string of the molecule is Cc1c(O)c(C23CC4CC(CC(C4)C2)C3)cc2c1CCC1C2CCC2(C)C(O)CCC12. The lowest BCUT2D eigenvalue weighted by molar-refractivity contribution is -0.0229. The van der Waals surface area contributed by atoms with Gasteiger partial charge in [-0.05, 0) is 147 Å². The van der Waals surface area contributed by atoms with Gasteiger partial charge in [-0.1, -0.05) is 13.0 Å². The standard InChI is InChI=1S/C29H40O2/c1-16-20-3-4-22-21(7-8-28(2)24(22)5-6-26(28)30)23(20)12-25(27(16)31)29-13-17-9-18(14-29)11-19(10-17)15-29/h12,17-19,21-22,24,26,30-31H,3-11,13-15H2,1-2H3. The van der Waals surface area contributed by atoms with E-state index in [0.717, 1.165) is 36.5 Å². The van der Waals surface area contributed by atoms with Gasteiger partial charge in [0.05, 0.1) is 6.10 Å². The molecular formula is C29H40O2. The first-order chi connectivity index (χ1) is 14.9. The van der Waals surface area contributed by atoms with Gasteiger partial charge in [0.1, 0.15) is 5.75 Å². The quantitative estimate of drug-likeness (QED) is 0.553. The zero-order chi connectivity index (χ0) is 21.1. The molecule has 5 unspecified atom stereocenters. The van der Waals surface area contributed by atoms with E-state index in [1.807, 2.05) is 0 Å². The molecule has 4 bridgehead atoms. The molecule has 31 heavy (non-hydrogen) atoms. The van der Waals surface area contributed by atoms with E-state index in [9.17, 15) is 10.2 Å². The molecule has 0 spiro atoms. The second-order valence-electron chi connectivity index (χ2n) is 13.2. The van der Waals surface area contributed by atoms with E-state index in [4.69, 9.17) is 0 Å². The molecule has 0 heterocycles. The van der Waals surface area contributed by atoms with Gasteiger partial charge < -0.3 is 10.2 Å². The minimum Gasteiger partial charge on any atom is -0.507 e. The second kappa shape index (κ2) is 6.31. The van der Waals surface area contributed by atoms with Crippen molar-refractivity contribution in [1.29, 1.82) is 0 Å². The van der Waals surface area contributed by atoms with Crippen molar-refractivity contribution in [1.82, 2.24) is 0 Å². The third kappa shape index (κ3) is 2.49. The smallest absolute Gasteiger partial charge is 0.122 e. The van der Waals surface area contributed by atoms with E-state index in [2.05, 4.69) is 19.9 Å². The Bertz CT molecular complexity index is 896. The number of aliphatic hydroxyl groups is 1. The van der Waals surface area contributed by atoms with Crippen LogP contribution >= 0.6 is 0 Å². The lowest BCUT2D eigenvalue weighted by Gasteiger charge is -2.57. The van der Waals surface area contributed by atoms with Gasteiger partial charge in [-0.25, -0.2) is 0 Å². The molecule has 0 amide bonds. The van der Waals surface area contributed by atoms with Crippen LogP contribution in [0, 0.1) is 41.9 Å². The number of fused-ring (bicyclic) bond motifs is 5. The van der Waals surface area contributed by atoms with E-state index >= 15 is 0 Å². The topological polar surface area (TPSA) is 40.5 Å². The zero-order valence-electron chi connectivity index (χ0n) is 19.5. The number of phenols is 1. The van der Waals surface area contributed by atoms with Crippen LogP contribution in [0.5, 0.6) is 5.75 Å². The molecule has 0 aromatic heterocycles. The second-order valence-corrected chi connectivity index (χ2v) is 13.2. The highest BCUT2D eigenvalue weighted by Gasteiger charge is 2.56. The highest BCUT2D eigenvalue weighted by molar-refractivity contribution is 5.55. The van der Waals surface area contributed by atoms with Crippen molar-refractivity contribution in [2.75, 3.05) is 0 Å². The fourth-order valence-electron chi connectivity index (χ4n) is 10.7. The van der Waals surface area contributed by atoms with Crippen LogP contribution in [-0.4, -0.2) is 16.3 Å². The normalized spacial score (nSPS) is 49.6. The highest BCUT2D eigenvalue weighted by atomic mass is 16.3.